The normalized spacial score (nSPS) is 16.3. The smallest absolute Gasteiger partial charge is 0.281 e. The van der Waals surface area contributed by atoms with Crippen LogP contribution in [0.25, 0.3) is 11.0 Å². The van der Waals surface area contributed by atoms with Gasteiger partial charge in [-0.15, -0.1) is 0 Å². The molecule has 8 heteroatoms. The topological polar surface area (TPSA) is 93.3 Å². The second kappa shape index (κ2) is 7.79. The van der Waals surface area contributed by atoms with Crippen molar-refractivity contribution in [2.45, 2.75) is 37.8 Å². The SMILES string of the molecule is Cn1cc2ncn(CC3(O)CCN(C(=O)CCc4ccccc4)CC3)c(=O)c2n1. The molecule has 1 aliphatic heterocycles. The van der Waals surface area contributed by atoms with E-state index in [0.29, 0.717) is 49.8 Å². The van der Waals surface area contributed by atoms with Gasteiger partial charge in [0.2, 0.25) is 5.91 Å². The number of benzene rings is 1. The molecule has 3 heterocycles. The summed E-state index contributed by atoms with van der Waals surface area (Å²) in [7, 11) is 1.74. The van der Waals surface area contributed by atoms with Gasteiger partial charge in [0.05, 0.1) is 24.7 Å². The van der Waals surface area contributed by atoms with Gasteiger partial charge >= 0.3 is 0 Å². The van der Waals surface area contributed by atoms with Crippen LogP contribution in [-0.4, -0.2) is 53.9 Å². The molecule has 8 nitrogen and oxygen atoms in total. The molecule has 1 aliphatic rings. The highest BCUT2D eigenvalue weighted by Gasteiger charge is 2.34. The van der Waals surface area contributed by atoms with E-state index in [9.17, 15) is 14.7 Å². The zero-order valence-corrected chi connectivity index (χ0v) is 16.5. The van der Waals surface area contributed by atoms with Crippen molar-refractivity contribution >= 4 is 16.9 Å². The summed E-state index contributed by atoms with van der Waals surface area (Å²) < 4.78 is 2.97. The van der Waals surface area contributed by atoms with Crippen LogP contribution in [0.2, 0.25) is 0 Å². The molecule has 2 aromatic heterocycles. The predicted molar refractivity (Wildman–Crippen MR) is 108 cm³/mol. The Hall–Kier alpha value is -3.00. The summed E-state index contributed by atoms with van der Waals surface area (Å²) in [6.07, 6.45) is 5.18. The first-order valence-corrected chi connectivity index (χ1v) is 9.86. The van der Waals surface area contributed by atoms with Crippen molar-refractivity contribution in [2.24, 2.45) is 7.05 Å². The van der Waals surface area contributed by atoms with E-state index in [4.69, 9.17) is 0 Å². The van der Waals surface area contributed by atoms with Crippen molar-refractivity contribution in [3.63, 3.8) is 0 Å². The molecule has 152 valence electrons. The first-order chi connectivity index (χ1) is 13.9. The molecule has 1 saturated heterocycles. The first-order valence-electron chi connectivity index (χ1n) is 9.86. The van der Waals surface area contributed by atoms with Crippen molar-refractivity contribution in [3.8, 4) is 0 Å². The standard InChI is InChI=1S/C21H25N5O3/c1-24-13-17-19(23-24)20(28)26(15-22-17)14-21(29)9-11-25(12-10-21)18(27)8-7-16-5-3-2-4-6-16/h2-6,13,15,29H,7-12,14H2,1H3. The van der Waals surface area contributed by atoms with Gasteiger partial charge in [-0.3, -0.25) is 18.8 Å². The molecule has 0 spiro atoms. The van der Waals surface area contributed by atoms with Crippen LogP contribution >= 0.6 is 0 Å². The molecule has 1 aromatic carbocycles. The van der Waals surface area contributed by atoms with Crippen LogP contribution in [0.3, 0.4) is 0 Å². The van der Waals surface area contributed by atoms with Crippen LogP contribution in [0.15, 0.2) is 47.7 Å². The summed E-state index contributed by atoms with van der Waals surface area (Å²) in [6.45, 7) is 1.12. The van der Waals surface area contributed by atoms with Gasteiger partial charge in [0, 0.05) is 26.6 Å². The summed E-state index contributed by atoms with van der Waals surface area (Å²) in [5.41, 5.74) is 0.688. The molecule has 29 heavy (non-hydrogen) atoms. The zero-order valence-electron chi connectivity index (χ0n) is 16.5. The zero-order chi connectivity index (χ0) is 20.4. The molecule has 4 rings (SSSR count). The average Bonchev–Trinajstić information content (AvgIpc) is 3.11. The van der Waals surface area contributed by atoms with E-state index in [1.165, 1.54) is 10.9 Å². The molecule has 0 bridgehead atoms. The first kappa shape index (κ1) is 19.3. The second-order valence-corrected chi connectivity index (χ2v) is 7.80. The van der Waals surface area contributed by atoms with Crippen molar-refractivity contribution in [1.29, 1.82) is 0 Å². The maximum atomic E-state index is 12.6. The van der Waals surface area contributed by atoms with E-state index in [2.05, 4.69) is 10.1 Å². The van der Waals surface area contributed by atoms with Gasteiger partial charge in [-0.1, -0.05) is 30.3 Å². The van der Waals surface area contributed by atoms with E-state index < -0.39 is 5.60 Å². The number of carbonyl (C=O) groups is 1. The third kappa shape index (κ3) is 4.22. The van der Waals surface area contributed by atoms with Crippen molar-refractivity contribution in [3.05, 3.63) is 58.8 Å². The Morgan fingerprint density at radius 1 is 1.21 bits per heavy atom. The Morgan fingerprint density at radius 3 is 2.66 bits per heavy atom. The van der Waals surface area contributed by atoms with Crippen molar-refractivity contribution in [2.75, 3.05) is 13.1 Å². The van der Waals surface area contributed by atoms with Crippen molar-refractivity contribution < 1.29 is 9.90 Å². The lowest BCUT2D eigenvalue weighted by molar-refractivity contribution is -0.135. The molecule has 0 atom stereocenters. The van der Waals surface area contributed by atoms with E-state index in [0.717, 1.165) is 5.56 Å². The van der Waals surface area contributed by atoms with Crippen LogP contribution in [0.5, 0.6) is 0 Å². The molecular formula is C21H25N5O3. The van der Waals surface area contributed by atoms with Crippen molar-refractivity contribution in [1.82, 2.24) is 24.2 Å². The Bertz CT molecular complexity index is 1060. The monoisotopic (exact) mass is 395 g/mol. The Balaban J connectivity index is 1.36. The number of aromatic nitrogens is 4. The number of fused-ring (bicyclic) bond motifs is 1. The fraction of sp³-hybridized carbons (Fsp3) is 0.429. The number of aryl methyl sites for hydroxylation is 2. The third-order valence-corrected chi connectivity index (χ3v) is 5.59. The van der Waals surface area contributed by atoms with E-state index in [1.54, 1.807) is 22.8 Å². The number of hydrogen-bond acceptors (Lipinski definition) is 5. The van der Waals surface area contributed by atoms with E-state index in [-0.39, 0.29) is 18.0 Å². The highest BCUT2D eigenvalue weighted by molar-refractivity contribution is 5.76. The van der Waals surface area contributed by atoms with Crippen LogP contribution in [0.4, 0.5) is 0 Å². The van der Waals surface area contributed by atoms with Gasteiger partial charge in [0.25, 0.3) is 5.56 Å². The number of piperidine rings is 1. The Kier molecular flexibility index (Phi) is 5.19. The number of carbonyl (C=O) groups excluding carboxylic acids is 1. The maximum absolute atomic E-state index is 12.6. The minimum absolute atomic E-state index is 0.102. The summed E-state index contributed by atoms with van der Waals surface area (Å²) in [5.74, 6) is 0.102. The van der Waals surface area contributed by atoms with Gasteiger partial charge in [-0.2, -0.15) is 5.10 Å². The maximum Gasteiger partial charge on any atom is 0.281 e. The summed E-state index contributed by atoms with van der Waals surface area (Å²) in [4.78, 5) is 31.2. The fourth-order valence-electron chi connectivity index (χ4n) is 3.86. The van der Waals surface area contributed by atoms with Gasteiger partial charge in [0.15, 0.2) is 5.52 Å². The van der Waals surface area contributed by atoms with Gasteiger partial charge < -0.3 is 10.0 Å². The number of aliphatic hydroxyl groups is 1. The van der Waals surface area contributed by atoms with Crippen LogP contribution in [0, 0.1) is 0 Å². The van der Waals surface area contributed by atoms with Gasteiger partial charge in [-0.05, 0) is 24.8 Å². The van der Waals surface area contributed by atoms with Crippen LogP contribution < -0.4 is 5.56 Å². The highest BCUT2D eigenvalue weighted by Crippen LogP contribution is 2.24. The van der Waals surface area contributed by atoms with E-state index in [1.807, 2.05) is 30.3 Å². The van der Waals surface area contributed by atoms with Gasteiger partial charge in [0.1, 0.15) is 5.52 Å². The Labute approximate surface area is 168 Å². The highest BCUT2D eigenvalue weighted by atomic mass is 16.3. The molecule has 1 N–H and O–H groups in total. The number of rotatable bonds is 5. The molecule has 0 unspecified atom stereocenters. The van der Waals surface area contributed by atoms with E-state index >= 15 is 0 Å². The summed E-state index contributed by atoms with van der Waals surface area (Å²) in [6, 6.07) is 9.95. The number of likely N-dealkylation sites (tertiary alicyclic amines) is 1. The molecule has 0 saturated carbocycles. The number of amides is 1. The largest absolute Gasteiger partial charge is 0.388 e. The molecular weight excluding hydrogens is 370 g/mol. The molecule has 1 amide bonds. The molecule has 0 aliphatic carbocycles. The van der Waals surface area contributed by atoms with Crippen LogP contribution in [-0.2, 0) is 24.8 Å². The quantitative estimate of drug-likeness (QED) is 0.699. The summed E-state index contributed by atoms with van der Waals surface area (Å²) in [5, 5.41) is 15.1. The fourth-order valence-corrected chi connectivity index (χ4v) is 3.86. The number of nitrogens with zero attached hydrogens (tertiary/aromatic N) is 5. The lowest BCUT2D eigenvalue weighted by atomic mass is 9.91. The third-order valence-electron chi connectivity index (χ3n) is 5.59. The lowest BCUT2D eigenvalue weighted by Gasteiger charge is -2.38. The minimum atomic E-state index is -1.04. The minimum Gasteiger partial charge on any atom is -0.388 e. The Morgan fingerprint density at radius 2 is 1.93 bits per heavy atom. The molecule has 1 fully saturated rings. The van der Waals surface area contributed by atoms with Gasteiger partial charge in [-0.25, -0.2) is 4.98 Å². The molecule has 0 radical (unpaired) electrons. The van der Waals surface area contributed by atoms with Crippen LogP contribution in [0.1, 0.15) is 24.8 Å². The molecule has 3 aromatic rings. The number of hydrogen-bond donors (Lipinski definition) is 1. The summed E-state index contributed by atoms with van der Waals surface area (Å²) >= 11 is 0. The second-order valence-electron chi connectivity index (χ2n) is 7.80. The average molecular weight is 395 g/mol. The lowest BCUT2D eigenvalue weighted by Crippen LogP contribution is -2.49. The predicted octanol–water partition coefficient (Wildman–Crippen LogP) is 1.12.